The second kappa shape index (κ2) is 11.0. The standard InChI is InChI=1S/C27H26N6O4S/c1-17-29-15-22(37-17)23-9-10-24(38-23)26(35)31-27-30-20-14-19(32(2)25(34)16-36-3)7-8-21(20)33(27)13-11-18-6-4-5-12-28-18/h4-10,12,14-15H,11,13,16H2,1-3H3,(H,30,31,35). The van der Waals surface area contributed by atoms with Crippen molar-refractivity contribution in [3.8, 4) is 10.6 Å². The highest BCUT2D eigenvalue weighted by Gasteiger charge is 2.19. The van der Waals surface area contributed by atoms with Crippen LogP contribution < -0.4 is 10.2 Å². The van der Waals surface area contributed by atoms with Crippen molar-refractivity contribution in [1.82, 2.24) is 19.5 Å². The van der Waals surface area contributed by atoms with Crippen molar-refractivity contribution >= 4 is 45.8 Å². The molecule has 194 valence electrons. The van der Waals surface area contributed by atoms with Crippen LogP contribution in [0.3, 0.4) is 0 Å². The predicted molar refractivity (Wildman–Crippen MR) is 145 cm³/mol. The fourth-order valence-electron chi connectivity index (χ4n) is 4.02. The Hall–Kier alpha value is -4.35. The number of amides is 2. The molecule has 2 amide bonds. The zero-order valence-electron chi connectivity index (χ0n) is 21.2. The Balaban J connectivity index is 1.45. The third-order valence-electron chi connectivity index (χ3n) is 6.00. The van der Waals surface area contributed by atoms with Gasteiger partial charge >= 0.3 is 0 Å². The molecule has 11 heteroatoms. The molecule has 0 fully saturated rings. The van der Waals surface area contributed by atoms with Crippen molar-refractivity contribution in [2.45, 2.75) is 19.9 Å². The molecule has 0 saturated heterocycles. The molecule has 0 radical (unpaired) electrons. The zero-order valence-corrected chi connectivity index (χ0v) is 22.0. The van der Waals surface area contributed by atoms with Crippen LogP contribution in [-0.2, 0) is 22.5 Å². The zero-order chi connectivity index (χ0) is 26.6. The van der Waals surface area contributed by atoms with Gasteiger partial charge < -0.3 is 18.6 Å². The molecular formula is C27H26N6O4S. The van der Waals surface area contributed by atoms with E-state index < -0.39 is 0 Å². The lowest BCUT2D eigenvalue weighted by Gasteiger charge is -2.17. The fraction of sp³-hybridized carbons (Fsp3) is 0.222. The number of pyridine rings is 1. The summed E-state index contributed by atoms with van der Waals surface area (Å²) in [6.07, 6.45) is 4.05. The largest absolute Gasteiger partial charge is 0.440 e. The van der Waals surface area contributed by atoms with Crippen LogP contribution in [0.25, 0.3) is 21.7 Å². The molecule has 0 aliphatic heterocycles. The van der Waals surface area contributed by atoms with Crippen molar-refractivity contribution < 1.29 is 18.7 Å². The number of imidazole rings is 1. The Labute approximate surface area is 222 Å². The third kappa shape index (κ3) is 5.34. The summed E-state index contributed by atoms with van der Waals surface area (Å²) in [4.78, 5) is 41.7. The minimum atomic E-state index is -0.278. The second-order valence-electron chi connectivity index (χ2n) is 8.58. The number of nitrogens with one attached hydrogen (secondary N) is 1. The molecule has 1 N–H and O–H groups in total. The summed E-state index contributed by atoms with van der Waals surface area (Å²) in [5.41, 5.74) is 3.09. The number of nitrogens with zero attached hydrogens (tertiary/aromatic N) is 5. The van der Waals surface area contributed by atoms with Crippen LogP contribution in [0.15, 0.2) is 65.3 Å². The van der Waals surface area contributed by atoms with Gasteiger partial charge in [-0.05, 0) is 42.5 Å². The molecule has 38 heavy (non-hydrogen) atoms. The highest BCUT2D eigenvalue weighted by Crippen LogP contribution is 2.30. The van der Waals surface area contributed by atoms with Gasteiger partial charge in [-0.2, -0.15) is 0 Å². The van der Waals surface area contributed by atoms with Crippen molar-refractivity contribution in [3.05, 3.63) is 77.4 Å². The smallest absolute Gasteiger partial charge is 0.268 e. The average Bonchev–Trinajstić information content (AvgIpc) is 3.66. The number of carbonyl (C=O) groups is 2. The van der Waals surface area contributed by atoms with Crippen LogP contribution in [0, 0.1) is 6.92 Å². The van der Waals surface area contributed by atoms with Crippen LogP contribution >= 0.6 is 11.3 Å². The van der Waals surface area contributed by atoms with Crippen molar-refractivity contribution in [2.75, 3.05) is 31.0 Å². The van der Waals surface area contributed by atoms with Crippen molar-refractivity contribution in [1.29, 1.82) is 0 Å². The number of aryl methyl sites for hydroxylation is 3. The van der Waals surface area contributed by atoms with Crippen LogP contribution in [0.2, 0.25) is 0 Å². The van der Waals surface area contributed by atoms with E-state index in [0.29, 0.717) is 46.6 Å². The van der Waals surface area contributed by atoms with E-state index in [2.05, 4.69) is 15.3 Å². The number of anilines is 2. The first kappa shape index (κ1) is 25.3. The number of aromatic nitrogens is 4. The molecule has 10 nitrogen and oxygen atoms in total. The molecule has 4 aromatic heterocycles. The molecule has 0 spiro atoms. The number of hydrogen-bond acceptors (Lipinski definition) is 8. The second-order valence-corrected chi connectivity index (χ2v) is 9.66. The molecule has 0 saturated carbocycles. The van der Waals surface area contributed by atoms with Gasteiger partial charge in [-0.25, -0.2) is 9.97 Å². The van der Waals surface area contributed by atoms with E-state index in [0.717, 1.165) is 16.1 Å². The number of rotatable bonds is 9. The number of likely N-dealkylation sites (N-methyl/N-ethyl adjacent to an activating group) is 1. The van der Waals surface area contributed by atoms with E-state index in [1.807, 2.05) is 47.0 Å². The SMILES string of the molecule is COCC(=O)N(C)c1ccc2c(c1)nc(NC(=O)c1ccc(-c3cnc(C)o3)s1)n2CCc1ccccn1. The van der Waals surface area contributed by atoms with Crippen molar-refractivity contribution in [3.63, 3.8) is 0 Å². The molecule has 0 bridgehead atoms. The quantitative estimate of drug-likeness (QED) is 0.297. The topological polar surface area (TPSA) is 115 Å². The Kier molecular flexibility index (Phi) is 7.29. The summed E-state index contributed by atoms with van der Waals surface area (Å²) in [5.74, 6) is 1.14. The summed E-state index contributed by atoms with van der Waals surface area (Å²) in [6, 6.07) is 14.9. The first-order chi connectivity index (χ1) is 18.4. The van der Waals surface area contributed by atoms with Gasteiger partial charge in [0.2, 0.25) is 5.95 Å². The highest BCUT2D eigenvalue weighted by atomic mass is 32.1. The molecule has 0 atom stereocenters. The maximum atomic E-state index is 13.2. The van der Waals surface area contributed by atoms with E-state index in [1.54, 1.807) is 32.4 Å². The third-order valence-corrected chi connectivity index (χ3v) is 7.10. The summed E-state index contributed by atoms with van der Waals surface area (Å²) in [7, 11) is 3.17. The minimum absolute atomic E-state index is 0.0230. The molecule has 4 heterocycles. The Morgan fingerprint density at radius 3 is 2.76 bits per heavy atom. The van der Waals surface area contributed by atoms with Gasteiger partial charge in [0.1, 0.15) is 6.61 Å². The Morgan fingerprint density at radius 1 is 1.16 bits per heavy atom. The van der Waals surface area contributed by atoms with E-state index in [4.69, 9.17) is 14.1 Å². The average molecular weight is 531 g/mol. The van der Waals surface area contributed by atoms with Gasteiger partial charge in [-0.1, -0.05) is 6.07 Å². The number of carbonyl (C=O) groups excluding carboxylic acids is 2. The Morgan fingerprint density at radius 2 is 2.03 bits per heavy atom. The van der Waals surface area contributed by atoms with Crippen molar-refractivity contribution in [2.24, 2.45) is 0 Å². The van der Waals surface area contributed by atoms with E-state index in [9.17, 15) is 9.59 Å². The van der Waals surface area contributed by atoms with Crippen LogP contribution in [0.1, 0.15) is 21.3 Å². The van der Waals surface area contributed by atoms with Gasteiger partial charge in [-0.15, -0.1) is 11.3 Å². The molecule has 5 rings (SSSR count). The Bertz CT molecular complexity index is 1590. The first-order valence-corrected chi connectivity index (χ1v) is 12.7. The fourth-order valence-corrected chi connectivity index (χ4v) is 4.86. The maximum Gasteiger partial charge on any atom is 0.268 e. The number of ether oxygens (including phenoxy) is 1. The van der Waals surface area contributed by atoms with Gasteiger partial charge in [0.15, 0.2) is 11.7 Å². The van der Waals surface area contributed by atoms with Crippen LogP contribution in [0.4, 0.5) is 11.6 Å². The monoisotopic (exact) mass is 530 g/mol. The van der Waals surface area contributed by atoms with Gasteiger partial charge in [0.05, 0.1) is 27.0 Å². The van der Waals surface area contributed by atoms with Crippen LogP contribution in [0.5, 0.6) is 0 Å². The van der Waals surface area contributed by atoms with Gasteiger partial charge in [0.25, 0.3) is 11.8 Å². The lowest BCUT2D eigenvalue weighted by atomic mass is 10.2. The molecule has 1 aromatic carbocycles. The number of fused-ring (bicyclic) bond motifs is 1. The van der Waals surface area contributed by atoms with E-state index in [1.165, 1.54) is 23.3 Å². The first-order valence-electron chi connectivity index (χ1n) is 11.9. The number of methoxy groups -OCH3 is 1. The number of oxazole rings is 1. The summed E-state index contributed by atoms with van der Waals surface area (Å²) < 4.78 is 12.5. The number of benzene rings is 1. The molecular weight excluding hydrogens is 504 g/mol. The summed E-state index contributed by atoms with van der Waals surface area (Å²) in [6.45, 7) is 2.30. The van der Waals surface area contributed by atoms with Gasteiger partial charge in [0, 0.05) is 51.6 Å². The van der Waals surface area contributed by atoms with Gasteiger partial charge in [-0.3, -0.25) is 19.9 Å². The molecule has 0 aliphatic rings. The summed E-state index contributed by atoms with van der Waals surface area (Å²) >= 11 is 1.31. The predicted octanol–water partition coefficient (Wildman–Crippen LogP) is 4.56. The lowest BCUT2D eigenvalue weighted by Crippen LogP contribution is -2.29. The minimum Gasteiger partial charge on any atom is -0.440 e. The van der Waals surface area contributed by atoms with Crippen LogP contribution in [-0.4, -0.2) is 52.1 Å². The lowest BCUT2D eigenvalue weighted by molar-refractivity contribution is -0.121. The molecule has 0 aliphatic carbocycles. The normalized spacial score (nSPS) is 11.1. The number of hydrogen-bond donors (Lipinski definition) is 1. The summed E-state index contributed by atoms with van der Waals surface area (Å²) in [5, 5.41) is 2.97. The highest BCUT2D eigenvalue weighted by molar-refractivity contribution is 7.17. The van der Waals surface area contributed by atoms with E-state index >= 15 is 0 Å². The van der Waals surface area contributed by atoms with E-state index in [-0.39, 0.29) is 18.4 Å². The number of thiophene rings is 1. The molecule has 5 aromatic rings. The maximum absolute atomic E-state index is 13.2. The molecule has 0 unspecified atom stereocenters.